The Morgan fingerprint density at radius 1 is 1.62 bits per heavy atom. The number of aromatic amines is 1. The van der Waals surface area contributed by atoms with E-state index < -0.39 is 0 Å². The quantitative estimate of drug-likeness (QED) is 0.784. The molecule has 1 aliphatic carbocycles. The number of anilines is 1. The zero-order chi connectivity index (χ0) is 11.7. The Balaban J connectivity index is 2.09. The van der Waals surface area contributed by atoms with Crippen molar-refractivity contribution >= 4 is 11.9 Å². The summed E-state index contributed by atoms with van der Waals surface area (Å²) in [4.78, 5) is 17.8. The number of hydrogen-bond acceptors (Lipinski definition) is 4. The van der Waals surface area contributed by atoms with Gasteiger partial charge in [0.25, 0.3) is 5.91 Å². The number of nitrogens with two attached hydrogens (primary N) is 1. The van der Waals surface area contributed by atoms with E-state index in [9.17, 15) is 4.79 Å². The van der Waals surface area contributed by atoms with Gasteiger partial charge < -0.3 is 10.6 Å². The number of nitrogens with one attached hydrogen (secondary N) is 1. The number of carbonyl (C=O) groups excluding carboxylic acids is 1. The van der Waals surface area contributed by atoms with E-state index in [4.69, 9.17) is 5.73 Å². The first-order valence-corrected chi connectivity index (χ1v) is 5.56. The summed E-state index contributed by atoms with van der Waals surface area (Å²) in [6.45, 7) is 4.80. The third-order valence-corrected chi connectivity index (χ3v) is 2.74. The molecule has 88 valence electrons. The largest absolute Gasteiger partial charge is 0.366 e. The summed E-state index contributed by atoms with van der Waals surface area (Å²) in [6, 6.07) is 0.166. The standard InChI is InChI=1S/C10H17N5O/c1-6(2)15(5-7-3-4-7)9(16)8-12-10(11)14-13-8/h6-7H,3-5H2,1-2H3,(H3,11,12,13,14). The van der Waals surface area contributed by atoms with Gasteiger partial charge in [-0.25, -0.2) is 0 Å². The third-order valence-electron chi connectivity index (χ3n) is 2.74. The molecule has 6 heteroatoms. The molecular weight excluding hydrogens is 206 g/mol. The fourth-order valence-corrected chi connectivity index (χ4v) is 1.61. The van der Waals surface area contributed by atoms with Gasteiger partial charge in [-0.3, -0.25) is 9.89 Å². The zero-order valence-electron chi connectivity index (χ0n) is 9.60. The molecule has 3 N–H and O–H groups in total. The van der Waals surface area contributed by atoms with Gasteiger partial charge in [-0.05, 0) is 32.6 Å². The van der Waals surface area contributed by atoms with Crippen molar-refractivity contribution in [3.8, 4) is 0 Å². The van der Waals surface area contributed by atoms with Crippen LogP contribution in [0, 0.1) is 5.92 Å². The summed E-state index contributed by atoms with van der Waals surface area (Å²) in [5.74, 6) is 0.878. The molecule has 1 aromatic rings. The van der Waals surface area contributed by atoms with Crippen molar-refractivity contribution in [3.63, 3.8) is 0 Å². The molecule has 0 unspecified atom stereocenters. The topological polar surface area (TPSA) is 87.9 Å². The fourth-order valence-electron chi connectivity index (χ4n) is 1.61. The molecule has 0 saturated heterocycles. The Kier molecular flexibility index (Phi) is 2.80. The maximum absolute atomic E-state index is 12.1. The molecule has 0 aromatic carbocycles. The summed E-state index contributed by atoms with van der Waals surface area (Å²) >= 11 is 0. The molecule has 16 heavy (non-hydrogen) atoms. The second-order valence-corrected chi connectivity index (χ2v) is 4.54. The minimum Gasteiger partial charge on any atom is -0.366 e. The van der Waals surface area contributed by atoms with Gasteiger partial charge in [0.2, 0.25) is 11.8 Å². The molecule has 1 saturated carbocycles. The maximum atomic E-state index is 12.1. The van der Waals surface area contributed by atoms with Crippen molar-refractivity contribution in [3.05, 3.63) is 5.82 Å². The van der Waals surface area contributed by atoms with E-state index in [0.717, 1.165) is 6.54 Å². The van der Waals surface area contributed by atoms with Crippen LogP contribution in [0.4, 0.5) is 5.95 Å². The lowest BCUT2D eigenvalue weighted by Crippen LogP contribution is -2.39. The van der Waals surface area contributed by atoms with E-state index in [0.29, 0.717) is 5.92 Å². The first kappa shape index (κ1) is 10.9. The highest BCUT2D eigenvalue weighted by molar-refractivity contribution is 5.90. The molecule has 1 fully saturated rings. The molecule has 0 radical (unpaired) electrons. The number of amides is 1. The van der Waals surface area contributed by atoms with E-state index in [2.05, 4.69) is 15.2 Å². The first-order valence-electron chi connectivity index (χ1n) is 5.56. The molecule has 0 bridgehead atoms. The average Bonchev–Trinajstić information content (AvgIpc) is 2.95. The van der Waals surface area contributed by atoms with E-state index in [-0.39, 0.29) is 23.7 Å². The maximum Gasteiger partial charge on any atom is 0.291 e. The third kappa shape index (κ3) is 2.32. The lowest BCUT2D eigenvalue weighted by molar-refractivity contribution is 0.0684. The molecule has 1 aliphatic rings. The number of H-pyrrole nitrogens is 1. The van der Waals surface area contributed by atoms with Crippen LogP contribution >= 0.6 is 0 Å². The van der Waals surface area contributed by atoms with Gasteiger partial charge in [0, 0.05) is 12.6 Å². The predicted molar refractivity (Wildman–Crippen MR) is 59.7 cm³/mol. The molecular formula is C10H17N5O. The average molecular weight is 223 g/mol. The van der Waals surface area contributed by atoms with Crippen LogP contribution in [0.5, 0.6) is 0 Å². The molecule has 0 spiro atoms. The minimum absolute atomic E-state index is 0.110. The number of aromatic nitrogens is 3. The molecule has 1 amide bonds. The fraction of sp³-hybridized carbons (Fsp3) is 0.700. The number of carbonyl (C=O) groups is 1. The van der Waals surface area contributed by atoms with Crippen molar-refractivity contribution in [2.45, 2.75) is 32.7 Å². The van der Waals surface area contributed by atoms with Crippen LogP contribution in [0.25, 0.3) is 0 Å². The summed E-state index contributed by atoms with van der Waals surface area (Å²) in [7, 11) is 0. The molecule has 6 nitrogen and oxygen atoms in total. The van der Waals surface area contributed by atoms with Crippen LogP contribution < -0.4 is 5.73 Å². The van der Waals surface area contributed by atoms with Gasteiger partial charge >= 0.3 is 0 Å². The molecule has 0 atom stereocenters. The summed E-state index contributed by atoms with van der Waals surface area (Å²) < 4.78 is 0. The number of nitrogens with zero attached hydrogens (tertiary/aromatic N) is 3. The molecule has 1 aromatic heterocycles. The van der Waals surface area contributed by atoms with Gasteiger partial charge in [-0.15, -0.1) is 5.10 Å². The minimum atomic E-state index is -0.119. The smallest absolute Gasteiger partial charge is 0.291 e. The van der Waals surface area contributed by atoms with Crippen LogP contribution in [-0.4, -0.2) is 38.6 Å². The van der Waals surface area contributed by atoms with E-state index in [1.165, 1.54) is 12.8 Å². The Hall–Kier alpha value is -1.59. The number of nitrogen functional groups attached to an aromatic ring is 1. The Morgan fingerprint density at radius 3 is 2.75 bits per heavy atom. The van der Waals surface area contributed by atoms with Crippen molar-refractivity contribution in [1.82, 2.24) is 20.1 Å². The lowest BCUT2D eigenvalue weighted by Gasteiger charge is -2.25. The lowest BCUT2D eigenvalue weighted by atomic mass is 10.2. The summed E-state index contributed by atoms with van der Waals surface area (Å²) in [5, 5.41) is 6.23. The van der Waals surface area contributed by atoms with Gasteiger partial charge in [-0.2, -0.15) is 4.98 Å². The summed E-state index contributed by atoms with van der Waals surface area (Å²) in [5.41, 5.74) is 5.38. The van der Waals surface area contributed by atoms with Crippen LogP contribution in [0.15, 0.2) is 0 Å². The van der Waals surface area contributed by atoms with Crippen LogP contribution in [0.1, 0.15) is 37.3 Å². The Bertz CT molecular complexity index is 382. The number of rotatable bonds is 4. The van der Waals surface area contributed by atoms with Crippen LogP contribution in [0.3, 0.4) is 0 Å². The predicted octanol–water partition coefficient (Wildman–Crippen LogP) is 0.647. The highest BCUT2D eigenvalue weighted by atomic mass is 16.2. The Labute approximate surface area is 94.2 Å². The SMILES string of the molecule is CC(C)N(CC1CC1)C(=O)c1nc(N)n[nH]1. The van der Waals surface area contributed by atoms with Gasteiger partial charge in [0.1, 0.15) is 0 Å². The second-order valence-electron chi connectivity index (χ2n) is 4.54. The molecule has 2 rings (SSSR count). The summed E-state index contributed by atoms with van der Waals surface area (Å²) in [6.07, 6.45) is 2.43. The number of hydrogen-bond donors (Lipinski definition) is 2. The van der Waals surface area contributed by atoms with Crippen LogP contribution in [-0.2, 0) is 0 Å². The van der Waals surface area contributed by atoms with Gasteiger partial charge in [-0.1, -0.05) is 0 Å². The van der Waals surface area contributed by atoms with Crippen molar-refractivity contribution < 1.29 is 4.79 Å². The monoisotopic (exact) mass is 223 g/mol. The van der Waals surface area contributed by atoms with Crippen LogP contribution in [0.2, 0.25) is 0 Å². The highest BCUT2D eigenvalue weighted by Gasteiger charge is 2.29. The first-order chi connectivity index (χ1) is 7.58. The van der Waals surface area contributed by atoms with E-state index in [1.54, 1.807) is 0 Å². The van der Waals surface area contributed by atoms with Crippen molar-refractivity contribution in [1.29, 1.82) is 0 Å². The molecule has 1 heterocycles. The normalized spacial score (nSPS) is 15.4. The van der Waals surface area contributed by atoms with Gasteiger partial charge in [0.05, 0.1) is 0 Å². The van der Waals surface area contributed by atoms with Gasteiger partial charge in [0.15, 0.2) is 0 Å². The molecule has 0 aliphatic heterocycles. The van der Waals surface area contributed by atoms with Crippen molar-refractivity contribution in [2.24, 2.45) is 5.92 Å². The highest BCUT2D eigenvalue weighted by Crippen LogP contribution is 2.30. The zero-order valence-corrected chi connectivity index (χ0v) is 9.60. The van der Waals surface area contributed by atoms with E-state index in [1.807, 2.05) is 18.7 Å². The second kappa shape index (κ2) is 4.11. The van der Waals surface area contributed by atoms with E-state index >= 15 is 0 Å². The van der Waals surface area contributed by atoms with Crippen molar-refractivity contribution in [2.75, 3.05) is 12.3 Å². The Morgan fingerprint density at radius 2 is 2.31 bits per heavy atom.